The molecule has 3 unspecified atom stereocenters. The number of benzene rings is 2. The van der Waals surface area contributed by atoms with E-state index in [9.17, 15) is 14.7 Å². The van der Waals surface area contributed by atoms with E-state index in [1.807, 2.05) is 24.3 Å². The number of amides is 1. The number of likely N-dealkylation sites (tertiary alicyclic amines) is 1. The first-order valence-corrected chi connectivity index (χ1v) is 10.5. The van der Waals surface area contributed by atoms with Crippen molar-refractivity contribution in [2.45, 2.75) is 25.2 Å². The molecular weight excluding hydrogens is 366 g/mol. The molecule has 1 heterocycles. The van der Waals surface area contributed by atoms with Crippen molar-refractivity contribution >= 4 is 12.1 Å². The van der Waals surface area contributed by atoms with Crippen LogP contribution in [0.25, 0.3) is 11.1 Å². The molecule has 5 nitrogen and oxygen atoms in total. The first-order chi connectivity index (χ1) is 14.1. The third kappa shape index (κ3) is 3.09. The maximum atomic E-state index is 12.8. The van der Waals surface area contributed by atoms with Gasteiger partial charge in [-0.3, -0.25) is 4.79 Å². The van der Waals surface area contributed by atoms with Gasteiger partial charge in [0.05, 0.1) is 5.92 Å². The molecule has 2 aromatic carbocycles. The standard InChI is InChI=1S/C24H25NO4/c26-23(27)21-12-15-13-25(11-5-10-16(15)21)24(28)29-14-22-19-8-3-1-6-17(19)18-7-2-4-9-20(18)22/h1-4,6-9,15-16,21-22H,5,10-14H2,(H,26,27). The summed E-state index contributed by atoms with van der Waals surface area (Å²) < 4.78 is 5.79. The van der Waals surface area contributed by atoms with E-state index in [0.717, 1.165) is 12.8 Å². The van der Waals surface area contributed by atoms with Crippen LogP contribution >= 0.6 is 0 Å². The lowest BCUT2D eigenvalue weighted by Gasteiger charge is -2.42. The fourth-order valence-electron chi connectivity index (χ4n) is 5.48. The van der Waals surface area contributed by atoms with Crippen molar-refractivity contribution < 1.29 is 19.4 Å². The third-order valence-corrected chi connectivity index (χ3v) is 7.01. The molecule has 0 aromatic heterocycles. The highest BCUT2D eigenvalue weighted by Gasteiger charge is 2.47. The first-order valence-electron chi connectivity index (χ1n) is 10.5. The van der Waals surface area contributed by atoms with Crippen LogP contribution in [0.2, 0.25) is 0 Å². The van der Waals surface area contributed by atoms with Crippen molar-refractivity contribution in [3.63, 3.8) is 0 Å². The fraction of sp³-hybridized carbons (Fsp3) is 0.417. The Kier molecular flexibility index (Phi) is 4.53. The lowest BCUT2D eigenvalue weighted by Crippen LogP contribution is -2.46. The monoisotopic (exact) mass is 391 g/mol. The van der Waals surface area contributed by atoms with Crippen molar-refractivity contribution in [1.82, 2.24) is 4.90 Å². The summed E-state index contributed by atoms with van der Waals surface area (Å²) in [6, 6.07) is 16.6. The zero-order valence-electron chi connectivity index (χ0n) is 16.3. The topological polar surface area (TPSA) is 66.8 Å². The largest absolute Gasteiger partial charge is 0.481 e. The number of ether oxygens (including phenoxy) is 1. The van der Waals surface area contributed by atoms with Crippen LogP contribution in [0.15, 0.2) is 48.5 Å². The van der Waals surface area contributed by atoms with Gasteiger partial charge in [0.1, 0.15) is 6.61 Å². The molecule has 0 spiro atoms. The lowest BCUT2D eigenvalue weighted by molar-refractivity contribution is -0.151. The number of rotatable bonds is 3. The van der Waals surface area contributed by atoms with Crippen LogP contribution in [0.1, 0.15) is 36.3 Å². The molecule has 1 aliphatic heterocycles. The molecule has 5 rings (SSSR count). The Balaban J connectivity index is 1.26. The van der Waals surface area contributed by atoms with E-state index in [1.165, 1.54) is 22.3 Å². The molecule has 1 saturated heterocycles. The number of fused-ring (bicyclic) bond motifs is 4. The average molecular weight is 391 g/mol. The van der Waals surface area contributed by atoms with Gasteiger partial charge in [0, 0.05) is 19.0 Å². The van der Waals surface area contributed by atoms with Crippen LogP contribution in [0.3, 0.4) is 0 Å². The molecule has 1 saturated carbocycles. The molecule has 3 aliphatic rings. The number of carboxylic acids is 1. The van der Waals surface area contributed by atoms with Gasteiger partial charge in [-0.1, -0.05) is 48.5 Å². The molecule has 0 bridgehead atoms. The Hall–Kier alpha value is -2.82. The van der Waals surface area contributed by atoms with Gasteiger partial charge >= 0.3 is 12.1 Å². The smallest absolute Gasteiger partial charge is 0.409 e. The van der Waals surface area contributed by atoms with E-state index < -0.39 is 5.97 Å². The molecule has 150 valence electrons. The zero-order valence-corrected chi connectivity index (χ0v) is 16.3. The average Bonchev–Trinajstić information content (AvgIpc) is 2.94. The highest BCUT2D eigenvalue weighted by atomic mass is 16.6. The summed E-state index contributed by atoms with van der Waals surface area (Å²) in [5.41, 5.74) is 4.85. The maximum absolute atomic E-state index is 12.8. The Morgan fingerprint density at radius 1 is 1.03 bits per heavy atom. The summed E-state index contributed by atoms with van der Waals surface area (Å²) in [4.78, 5) is 25.9. The van der Waals surface area contributed by atoms with Gasteiger partial charge < -0.3 is 14.7 Å². The van der Waals surface area contributed by atoms with Gasteiger partial charge in [-0.15, -0.1) is 0 Å². The fourth-order valence-corrected chi connectivity index (χ4v) is 5.48. The van der Waals surface area contributed by atoms with Gasteiger partial charge in [-0.2, -0.15) is 0 Å². The first kappa shape index (κ1) is 18.2. The molecule has 2 aromatic rings. The minimum absolute atomic E-state index is 0.0613. The highest BCUT2D eigenvalue weighted by Crippen LogP contribution is 2.46. The molecule has 0 radical (unpaired) electrons. The third-order valence-electron chi connectivity index (χ3n) is 7.01. The minimum atomic E-state index is -0.694. The molecular formula is C24H25NO4. The maximum Gasteiger partial charge on any atom is 0.409 e. The van der Waals surface area contributed by atoms with E-state index in [-0.39, 0.29) is 23.8 Å². The van der Waals surface area contributed by atoms with Crippen molar-refractivity contribution in [2.24, 2.45) is 17.8 Å². The summed E-state index contributed by atoms with van der Waals surface area (Å²) in [5, 5.41) is 9.30. The van der Waals surface area contributed by atoms with Gasteiger partial charge in [-0.25, -0.2) is 4.79 Å². The van der Waals surface area contributed by atoms with Crippen molar-refractivity contribution in [1.29, 1.82) is 0 Å². The number of hydrogen-bond donors (Lipinski definition) is 1. The Labute approximate surface area is 170 Å². The molecule has 3 atom stereocenters. The number of carbonyl (C=O) groups is 2. The van der Waals surface area contributed by atoms with E-state index in [4.69, 9.17) is 4.74 Å². The summed E-state index contributed by atoms with van der Waals surface area (Å²) in [5.74, 6) is -0.368. The Morgan fingerprint density at radius 3 is 2.34 bits per heavy atom. The summed E-state index contributed by atoms with van der Waals surface area (Å²) in [7, 11) is 0. The Bertz CT molecular complexity index is 910. The summed E-state index contributed by atoms with van der Waals surface area (Å²) in [6.45, 7) is 1.59. The second-order valence-electron chi connectivity index (χ2n) is 8.50. The van der Waals surface area contributed by atoms with Crippen LogP contribution in [-0.4, -0.2) is 41.8 Å². The molecule has 2 aliphatic carbocycles. The molecule has 5 heteroatoms. The van der Waals surface area contributed by atoms with Gasteiger partial charge in [0.15, 0.2) is 0 Å². The van der Waals surface area contributed by atoms with Crippen LogP contribution < -0.4 is 0 Å². The van der Waals surface area contributed by atoms with Crippen molar-refractivity contribution in [3.8, 4) is 11.1 Å². The molecule has 2 fully saturated rings. The number of carbonyl (C=O) groups excluding carboxylic acids is 1. The second-order valence-corrected chi connectivity index (χ2v) is 8.50. The minimum Gasteiger partial charge on any atom is -0.481 e. The number of nitrogens with zero attached hydrogens (tertiary/aromatic N) is 1. The lowest BCUT2D eigenvalue weighted by atomic mass is 9.63. The van der Waals surface area contributed by atoms with E-state index in [2.05, 4.69) is 24.3 Å². The van der Waals surface area contributed by atoms with Crippen LogP contribution in [-0.2, 0) is 9.53 Å². The number of aliphatic carboxylic acids is 1. The predicted octanol–water partition coefficient (Wildman–Crippen LogP) is 4.37. The molecule has 29 heavy (non-hydrogen) atoms. The van der Waals surface area contributed by atoms with Crippen LogP contribution in [0.4, 0.5) is 4.79 Å². The normalized spacial score (nSPS) is 25.2. The van der Waals surface area contributed by atoms with Gasteiger partial charge in [0.25, 0.3) is 0 Å². The summed E-state index contributed by atoms with van der Waals surface area (Å²) >= 11 is 0. The number of hydrogen-bond acceptors (Lipinski definition) is 3. The zero-order chi connectivity index (χ0) is 20.0. The second kappa shape index (κ2) is 7.21. The Morgan fingerprint density at radius 2 is 1.69 bits per heavy atom. The van der Waals surface area contributed by atoms with Crippen molar-refractivity contribution in [3.05, 3.63) is 59.7 Å². The SMILES string of the molecule is O=C(O)C1CC2CN(C(=O)OCC3c4ccccc4-c4ccccc43)CCCC21. The van der Waals surface area contributed by atoms with E-state index in [0.29, 0.717) is 32.0 Å². The quantitative estimate of drug-likeness (QED) is 0.844. The number of carboxylic acid groups (broad SMARTS) is 1. The molecule has 1 amide bonds. The summed E-state index contributed by atoms with van der Waals surface area (Å²) in [6.07, 6.45) is 2.13. The van der Waals surface area contributed by atoms with Gasteiger partial charge in [0.2, 0.25) is 0 Å². The van der Waals surface area contributed by atoms with E-state index >= 15 is 0 Å². The van der Waals surface area contributed by atoms with Crippen LogP contribution in [0, 0.1) is 17.8 Å². The highest BCUT2D eigenvalue weighted by molar-refractivity contribution is 5.79. The molecule has 1 N–H and O–H groups in total. The van der Waals surface area contributed by atoms with Crippen molar-refractivity contribution in [2.75, 3.05) is 19.7 Å². The van der Waals surface area contributed by atoms with E-state index in [1.54, 1.807) is 4.90 Å². The van der Waals surface area contributed by atoms with Crippen LogP contribution in [0.5, 0.6) is 0 Å². The predicted molar refractivity (Wildman–Crippen MR) is 109 cm³/mol. The van der Waals surface area contributed by atoms with Gasteiger partial charge in [-0.05, 0) is 53.4 Å².